The molecule has 116 valence electrons. The molecule has 0 saturated carbocycles. The monoisotopic (exact) mass is 313 g/mol. The van der Waals surface area contributed by atoms with E-state index in [-0.39, 0.29) is 25.4 Å². The highest BCUT2D eigenvalue weighted by Crippen LogP contribution is 2.11. The molecule has 0 spiro atoms. The molecule has 1 aromatic carbocycles. The zero-order valence-corrected chi connectivity index (χ0v) is 12.9. The molecule has 5 nitrogen and oxygen atoms in total. The maximum Gasteiger partial charge on any atom is 0.325 e. The zero-order valence-electron chi connectivity index (χ0n) is 12.1. The summed E-state index contributed by atoms with van der Waals surface area (Å²) in [6.45, 7) is 3.71. The van der Waals surface area contributed by atoms with Gasteiger partial charge in [0.2, 0.25) is 0 Å². The molecule has 0 aliphatic heterocycles. The second-order valence-corrected chi connectivity index (χ2v) is 5.04. The van der Waals surface area contributed by atoms with Crippen molar-refractivity contribution in [3.8, 4) is 0 Å². The fourth-order valence-corrected chi connectivity index (χ4v) is 1.93. The Kier molecular flexibility index (Phi) is 7.36. The number of rotatable bonds is 8. The van der Waals surface area contributed by atoms with E-state index in [4.69, 9.17) is 16.3 Å². The number of halogens is 1. The predicted molar refractivity (Wildman–Crippen MR) is 80.5 cm³/mol. The van der Waals surface area contributed by atoms with E-state index in [9.17, 15) is 14.7 Å². The largest absolute Gasteiger partial charge is 0.465 e. The minimum absolute atomic E-state index is 0.0626. The van der Waals surface area contributed by atoms with Gasteiger partial charge in [-0.3, -0.25) is 9.59 Å². The first kappa shape index (κ1) is 17.6. The van der Waals surface area contributed by atoms with Crippen molar-refractivity contribution >= 4 is 23.4 Å². The minimum atomic E-state index is -0.894. The zero-order chi connectivity index (χ0) is 15.8. The highest BCUT2D eigenvalue weighted by atomic mass is 35.5. The molecule has 0 fully saturated rings. The van der Waals surface area contributed by atoms with Crippen LogP contribution in [0.2, 0.25) is 5.02 Å². The normalized spacial score (nSPS) is 13.5. The molecule has 0 aliphatic rings. The van der Waals surface area contributed by atoms with Gasteiger partial charge in [-0.25, -0.2) is 0 Å². The van der Waals surface area contributed by atoms with Crippen molar-refractivity contribution in [1.82, 2.24) is 5.32 Å². The number of nitrogens with one attached hydrogen (secondary N) is 1. The van der Waals surface area contributed by atoms with Crippen molar-refractivity contribution in [2.75, 3.05) is 13.2 Å². The third-order valence-corrected chi connectivity index (χ3v) is 3.16. The first-order chi connectivity index (χ1) is 9.95. The molecule has 0 amide bonds. The average molecular weight is 314 g/mol. The summed E-state index contributed by atoms with van der Waals surface area (Å²) in [7, 11) is 0. The second kappa shape index (κ2) is 8.77. The third-order valence-electron chi connectivity index (χ3n) is 2.91. The molecular formula is C15H20ClNO4. The Morgan fingerprint density at radius 2 is 1.95 bits per heavy atom. The molecule has 2 N–H and O–H groups in total. The molecule has 0 aliphatic carbocycles. The number of hydrogen-bond donors (Lipinski definition) is 2. The van der Waals surface area contributed by atoms with Crippen molar-refractivity contribution in [2.24, 2.45) is 0 Å². The van der Waals surface area contributed by atoms with Gasteiger partial charge in [0, 0.05) is 23.6 Å². The maximum absolute atomic E-state index is 11.9. The molecular weight excluding hydrogens is 294 g/mol. The predicted octanol–water partition coefficient (Wildman–Crippen LogP) is 1.81. The first-order valence-electron chi connectivity index (χ1n) is 6.82. The Morgan fingerprint density at radius 3 is 2.48 bits per heavy atom. The molecule has 2 atom stereocenters. The number of ether oxygens (including phenoxy) is 1. The van der Waals surface area contributed by atoms with E-state index in [0.717, 1.165) is 0 Å². The Balaban J connectivity index is 2.48. The van der Waals surface area contributed by atoms with E-state index in [1.54, 1.807) is 31.2 Å². The number of carbonyl (C=O) groups is 2. The number of ketones is 1. The van der Waals surface area contributed by atoms with Crippen LogP contribution in [0, 0.1) is 0 Å². The van der Waals surface area contributed by atoms with Gasteiger partial charge in [0.25, 0.3) is 0 Å². The van der Waals surface area contributed by atoms with E-state index in [1.165, 1.54) is 6.92 Å². The van der Waals surface area contributed by atoms with Crippen LogP contribution in [0.5, 0.6) is 0 Å². The molecule has 6 heteroatoms. The average Bonchev–Trinajstić information content (AvgIpc) is 2.43. The second-order valence-electron chi connectivity index (χ2n) is 4.60. The molecule has 21 heavy (non-hydrogen) atoms. The molecule has 1 rings (SSSR count). The lowest BCUT2D eigenvalue weighted by atomic mass is 10.1. The van der Waals surface area contributed by atoms with Gasteiger partial charge >= 0.3 is 5.97 Å². The van der Waals surface area contributed by atoms with Gasteiger partial charge < -0.3 is 15.2 Å². The molecule has 0 bridgehead atoms. The number of carbonyl (C=O) groups excluding carboxylic acids is 2. The summed E-state index contributed by atoms with van der Waals surface area (Å²) >= 11 is 5.76. The van der Waals surface area contributed by atoms with Crippen molar-refractivity contribution < 1.29 is 19.4 Å². The summed E-state index contributed by atoms with van der Waals surface area (Å²) in [4.78, 5) is 23.6. The molecule has 0 unspecified atom stereocenters. The number of aliphatic hydroxyl groups is 1. The Labute approximate surface area is 129 Å². The van der Waals surface area contributed by atoms with Gasteiger partial charge in [-0.15, -0.1) is 0 Å². The minimum Gasteiger partial charge on any atom is -0.465 e. The molecule has 0 saturated heterocycles. The van der Waals surface area contributed by atoms with E-state index in [1.807, 2.05) is 0 Å². The van der Waals surface area contributed by atoms with Crippen LogP contribution in [0.4, 0.5) is 0 Å². The lowest BCUT2D eigenvalue weighted by Crippen LogP contribution is -2.46. The lowest BCUT2D eigenvalue weighted by Gasteiger charge is -2.19. The number of esters is 1. The maximum atomic E-state index is 11.9. The lowest BCUT2D eigenvalue weighted by molar-refractivity contribution is -0.148. The fraction of sp³-hybridized carbons (Fsp3) is 0.467. The fourth-order valence-electron chi connectivity index (χ4n) is 1.80. The Morgan fingerprint density at radius 1 is 1.33 bits per heavy atom. The summed E-state index contributed by atoms with van der Waals surface area (Å²) in [5, 5.41) is 13.0. The number of hydrogen-bond acceptors (Lipinski definition) is 5. The van der Waals surface area contributed by atoms with Crippen LogP contribution in [0.25, 0.3) is 0 Å². The van der Waals surface area contributed by atoms with Crippen LogP contribution in [0.3, 0.4) is 0 Å². The van der Waals surface area contributed by atoms with E-state index >= 15 is 0 Å². The van der Waals surface area contributed by atoms with Gasteiger partial charge in [-0.1, -0.05) is 11.6 Å². The van der Waals surface area contributed by atoms with Crippen LogP contribution < -0.4 is 5.32 Å². The van der Waals surface area contributed by atoms with Gasteiger partial charge in [0.05, 0.1) is 12.7 Å². The topological polar surface area (TPSA) is 75.6 Å². The summed E-state index contributed by atoms with van der Waals surface area (Å²) < 4.78 is 4.86. The summed E-state index contributed by atoms with van der Waals surface area (Å²) in [5.74, 6) is -0.584. The van der Waals surface area contributed by atoms with Crippen LogP contribution in [-0.4, -0.2) is 42.2 Å². The van der Waals surface area contributed by atoms with Crippen LogP contribution in [0.1, 0.15) is 30.6 Å². The van der Waals surface area contributed by atoms with Crippen LogP contribution in [0.15, 0.2) is 24.3 Å². The quantitative estimate of drug-likeness (QED) is 0.565. The third kappa shape index (κ3) is 5.83. The van der Waals surface area contributed by atoms with Crippen LogP contribution in [-0.2, 0) is 9.53 Å². The van der Waals surface area contributed by atoms with Crippen LogP contribution >= 0.6 is 11.6 Å². The van der Waals surface area contributed by atoms with Gasteiger partial charge in [-0.05, 0) is 38.1 Å². The molecule has 0 radical (unpaired) electrons. The number of benzene rings is 1. The van der Waals surface area contributed by atoms with Crippen molar-refractivity contribution in [2.45, 2.75) is 32.4 Å². The van der Waals surface area contributed by atoms with E-state index < -0.39 is 18.1 Å². The highest BCUT2D eigenvalue weighted by molar-refractivity contribution is 6.30. The van der Waals surface area contributed by atoms with Gasteiger partial charge in [0.15, 0.2) is 5.78 Å². The van der Waals surface area contributed by atoms with E-state index in [2.05, 4.69) is 5.32 Å². The number of Topliss-reactive ketones (excluding diaryl/α,β-unsaturated/α-hetero) is 1. The smallest absolute Gasteiger partial charge is 0.325 e. The van der Waals surface area contributed by atoms with Crippen molar-refractivity contribution in [3.63, 3.8) is 0 Å². The summed E-state index contributed by atoms with van der Waals surface area (Å²) in [6, 6.07) is 5.78. The summed E-state index contributed by atoms with van der Waals surface area (Å²) in [6.07, 6.45) is -0.681. The standard InChI is InChI=1S/C15H20ClNO4/c1-3-21-15(20)14(10(2)18)17-9-8-13(19)11-4-6-12(16)7-5-11/h4-7,10,14,17-18H,3,8-9H2,1-2H3/t10-,14-/m0/s1. The van der Waals surface area contributed by atoms with Gasteiger partial charge in [0.1, 0.15) is 6.04 Å². The molecule has 0 aromatic heterocycles. The van der Waals surface area contributed by atoms with Crippen molar-refractivity contribution in [3.05, 3.63) is 34.9 Å². The number of aliphatic hydroxyl groups excluding tert-OH is 1. The van der Waals surface area contributed by atoms with E-state index in [0.29, 0.717) is 10.6 Å². The first-order valence-corrected chi connectivity index (χ1v) is 7.20. The van der Waals surface area contributed by atoms with Gasteiger partial charge in [-0.2, -0.15) is 0 Å². The SMILES string of the molecule is CCOC(=O)[C@@H](NCCC(=O)c1ccc(Cl)cc1)[C@H](C)O. The Hall–Kier alpha value is -1.43. The van der Waals surface area contributed by atoms with Crippen molar-refractivity contribution in [1.29, 1.82) is 0 Å². The highest BCUT2D eigenvalue weighted by Gasteiger charge is 2.24. The molecule has 0 heterocycles. The Bertz CT molecular complexity index is 473. The molecule has 1 aromatic rings. The summed E-state index contributed by atoms with van der Waals surface area (Å²) in [5.41, 5.74) is 0.561.